The molecule has 2 aromatic heterocycles. The molecule has 0 aliphatic heterocycles. The van der Waals surface area contributed by atoms with Gasteiger partial charge in [0, 0.05) is 19.0 Å². The normalized spacial score (nSPS) is 12.3. The molecule has 142 valence electrons. The molecule has 0 spiro atoms. The van der Waals surface area contributed by atoms with Gasteiger partial charge >= 0.3 is 4.87 Å². The Hall–Kier alpha value is -2.25. The van der Waals surface area contributed by atoms with E-state index in [0.29, 0.717) is 35.7 Å². The molecule has 0 radical (unpaired) electrons. The lowest BCUT2D eigenvalue weighted by Gasteiger charge is -2.18. The molecular formula is C19H20ClN3O3S. The van der Waals surface area contributed by atoms with Gasteiger partial charge in [0.05, 0.1) is 20.9 Å². The molecular weight excluding hydrogens is 386 g/mol. The van der Waals surface area contributed by atoms with E-state index < -0.39 is 0 Å². The number of carbonyl (C=O) groups is 1. The van der Waals surface area contributed by atoms with E-state index in [0.717, 1.165) is 27.4 Å². The van der Waals surface area contributed by atoms with Gasteiger partial charge in [0.15, 0.2) is 0 Å². The third-order valence-corrected chi connectivity index (χ3v) is 5.44. The first kappa shape index (κ1) is 19.5. The summed E-state index contributed by atoms with van der Waals surface area (Å²) >= 11 is 7.54. The second kappa shape index (κ2) is 8.19. The van der Waals surface area contributed by atoms with Gasteiger partial charge in [0.25, 0.3) is 0 Å². The Balaban J connectivity index is 1.93. The van der Waals surface area contributed by atoms with Crippen molar-refractivity contribution in [1.29, 1.82) is 0 Å². The molecule has 8 heteroatoms. The van der Waals surface area contributed by atoms with Crippen molar-refractivity contribution in [1.82, 2.24) is 14.8 Å². The van der Waals surface area contributed by atoms with Crippen LogP contribution in [0, 0.1) is 6.92 Å². The number of aryl methyl sites for hydroxylation is 2. The van der Waals surface area contributed by atoms with Gasteiger partial charge in [-0.3, -0.25) is 14.2 Å². The van der Waals surface area contributed by atoms with Crippen molar-refractivity contribution in [2.75, 3.05) is 0 Å². The maximum Gasteiger partial charge on any atom is 0.308 e. The fraction of sp³-hybridized carbons (Fsp3) is 0.368. The summed E-state index contributed by atoms with van der Waals surface area (Å²) < 4.78 is 8.44. The van der Waals surface area contributed by atoms with Gasteiger partial charge in [-0.2, -0.15) is 10.2 Å². The topological polar surface area (TPSA) is 74.1 Å². The Kier molecular flexibility index (Phi) is 5.92. The largest absolute Gasteiger partial charge is 0.482 e. The minimum absolute atomic E-state index is 0.0392. The second-order valence-electron chi connectivity index (χ2n) is 6.34. The minimum atomic E-state index is -0.287. The lowest BCUT2D eigenvalue weighted by molar-refractivity contribution is -0.117. The molecule has 0 aliphatic rings. The molecule has 3 aromatic rings. The quantitative estimate of drug-likeness (QED) is 0.585. The number of hydrogen-bond donors (Lipinski definition) is 0. The number of Topliss-reactive ketones (excluding diaryl/α,β-unsaturated/α-hetero) is 1. The number of hydrogen-bond acceptors (Lipinski definition) is 6. The lowest BCUT2D eigenvalue weighted by atomic mass is 10.2. The van der Waals surface area contributed by atoms with Crippen LogP contribution in [0.2, 0.25) is 5.02 Å². The van der Waals surface area contributed by atoms with Gasteiger partial charge < -0.3 is 4.74 Å². The Labute approximate surface area is 165 Å². The highest BCUT2D eigenvalue weighted by atomic mass is 35.5. The summed E-state index contributed by atoms with van der Waals surface area (Å²) in [5, 5.41) is 8.69. The Bertz CT molecular complexity index is 1030. The number of thiazole rings is 1. The second-order valence-corrected chi connectivity index (χ2v) is 7.74. The first-order valence-electron chi connectivity index (χ1n) is 8.68. The highest BCUT2D eigenvalue weighted by molar-refractivity contribution is 7.16. The van der Waals surface area contributed by atoms with Crippen molar-refractivity contribution in [3.05, 3.63) is 50.3 Å². The molecule has 0 aliphatic carbocycles. The first-order chi connectivity index (χ1) is 12.9. The van der Waals surface area contributed by atoms with E-state index >= 15 is 0 Å². The number of halogens is 1. The summed E-state index contributed by atoms with van der Waals surface area (Å²) in [6.07, 6.45) is 0.720. The summed E-state index contributed by atoms with van der Waals surface area (Å²) in [5.74, 6) is 0.538. The molecule has 0 amide bonds. The Morgan fingerprint density at radius 2 is 2.11 bits per heavy atom. The fourth-order valence-electron chi connectivity index (χ4n) is 2.72. The molecule has 0 saturated carbocycles. The van der Waals surface area contributed by atoms with Gasteiger partial charge in [0.1, 0.15) is 23.3 Å². The SMILES string of the molecule is CC[C@@H](Oc1cc2sc(=O)n(CCC(C)=O)c2cc1Cl)c1ccc(C)nn1. The molecule has 1 atom stereocenters. The van der Waals surface area contributed by atoms with Crippen molar-refractivity contribution >= 4 is 38.9 Å². The average molecular weight is 406 g/mol. The molecule has 0 N–H and O–H groups in total. The standard InChI is InChI=1S/C19H20ClN3O3S/c1-4-16(14-6-5-11(2)21-22-14)26-17-10-18-15(9-13(17)20)23(19(25)27-18)8-7-12(3)24/h5-6,9-10,16H,4,7-8H2,1-3H3/t16-/m1/s1. The number of benzene rings is 1. The van der Waals surface area contributed by atoms with Crippen LogP contribution in [0.4, 0.5) is 0 Å². The van der Waals surface area contributed by atoms with Crippen molar-refractivity contribution < 1.29 is 9.53 Å². The van der Waals surface area contributed by atoms with Gasteiger partial charge in [-0.15, -0.1) is 0 Å². The van der Waals surface area contributed by atoms with E-state index in [9.17, 15) is 9.59 Å². The van der Waals surface area contributed by atoms with Crippen LogP contribution in [0.15, 0.2) is 29.1 Å². The van der Waals surface area contributed by atoms with Gasteiger partial charge in [-0.1, -0.05) is 29.9 Å². The fourth-order valence-corrected chi connectivity index (χ4v) is 3.85. The van der Waals surface area contributed by atoms with Crippen molar-refractivity contribution in [3.8, 4) is 5.75 Å². The van der Waals surface area contributed by atoms with E-state index in [4.69, 9.17) is 16.3 Å². The number of fused-ring (bicyclic) bond motifs is 1. The number of carbonyl (C=O) groups excluding carboxylic acids is 1. The van der Waals surface area contributed by atoms with Crippen LogP contribution < -0.4 is 9.61 Å². The maximum atomic E-state index is 12.3. The highest BCUT2D eigenvalue weighted by Crippen LogP contribution is 2.35. The van der Waals surface area contributed by atoms with Crippen molar-refractivity contribution in [2.45, 2.75) is 46.3 Å². The van der Waals surface area contributed by atoms with Crippen molar-refractivity contribution in [3.63, 3.8) is 0 Å². The van der Waals surface area contributed by atoms with Crippen LogP contribution in [0.25, 0.3) is 10.2 Å². The zero-order valence-corrected chi connectivity index (χ0v) is 16.9. The molecule has 0 saturated heterocycles. The Morgan fingerprint density at radius 3 is 2.74 bits per heavy atom. The predicted octanol–water partition coefficient (Wildman–Crippen LogP) is 4.32. The molecule has 0 bridgehead atoms. The zero-order valence-electron chi connectivity index (χ0n) is 15.4. The summed E-state index contributed by atoms with van der Waals surface area (Å²) in [6, 6.07) is 7.27. The first-order valence-corrected chi connectivity index (χ1v) is 9.87. The molecule has 0 unspecified atom stereocenters. The Morgan fingerprint density at radius 1 is 1.33 bits per heavy atom. The number of rotatable bonds is 7. The smallest absolute Gasteiger partial charge is 0.308 e. The molecule has 3 rings (SSSR count). The van der Waals surface area contributed by atoms with Crippen LogP contribution in [-0.4, -0.2) is 20.5 Å². The summed E-state index contributed by atoms with van der Waals surface area (Å²) in [4.78, 5) is 23.4. The third kappa shape index (κ3) is 4.36. The van der Waals surface area contributed by atoms with E-state index in [1.54, 1.807) is 16.7 Å². The van der Waals surface area contributed by atoms with E-state index in [2.05, 4.69) is 10.2 Å². The van der Waals surface area contributed by atoms with Crippen molar-refractivity contribution in [2.24, 2.45) is 0 Å². The third-order valence-electron chi connectivity index (χ3n) is 4.20. The van der Waals surface area contributed by atoms with Crippen LogP contribution >= 0.6 is 22.9 Å². The summed E-state index contributed by atoms with van der Waals surface area (Å²) in [7, 11) is 0. The highest BCUT2D eigenvalue weighted by Gasteiger charge is 2.18. The monoisotopic (exact) mass is 405 g/mol. The van der Waals surface area contributed by atoms with Crippen LogP contribution in [0.1, 0.15) is 44.2 Å². The van der Waals surface area contributed by atoms with E-state index in [1.165, 1.54) is 6.92 Å². The van der Waals surface area contributed by atoms with Gasteiger partial charge in [-0.25, -0.2) is 0 Å². The zero-order chi connectivity index (χ0) is 19.6. The molecule has 27 heavy (non-hydrogen) atoms. The maximum absolute atomic E-state index is 12.3. The average Bonchev–Trinajstić information content (AvgIpc) is 2.93. The molecule has 0 fully saturated rings. The van der Waals surface area contributed by atoms with E-state index in [1.807, 2.05) is 26.0 Å². The van der Waals surface area contributed by atoms with E-state index in [-0.39, 0.29) is 16.8 Å². The minimum Gasteiger partial charge on any atom is -0.482 e. The summed E-state index contributed by atoms with van der Waals surface area (Å²) in [6.45, 7) is 5.73. The summed E-state index contributed by atoms with van der Waals surface area (Å²) in [5.41, 5.74) is 2.28. The van der Waals surface area contributed by atoms with Crippen LogP contribution in [0.5, 0.6) is 5.75 Å². The van der Waals surface area contributed by atoms with Crippen LogP contribution in [0.3, 0.4) is 0 Å². The lowest BCUT2D eigenvalue weighted by Crippen LogP contribution is -2.14. The number of ether oxygens (including phenoxy) is 1. The molecule has 6 nitrogen and oxygen atoms in total. The number of aromatic nitrogens is 3. The van der Waals surface area contributed by atoms with Gasteiger partial charge in [0.2, 0.25) is 0 Å². The predicted molar refractivity (Wildman–Crippen MR) is 107 cm³/mol. The van der Waals surface area contributed by atoms with Crippen LogP contribution in [-0.2, 0) is 11.3 Å². The molecule has 1 aromatic carbocycles. The van der Waals surface area contributed by atoms with Gasteiger partial charge in [-0.05, 0) is 38.5 Å². The number of ketones is 1. The number of nitrogens with zero attached hydrogens (tertiary/aromatic N) is 3. The molecule has 2 heterocycles.